The average Bonchev–Trinajstić information content (AvgIpc) is 3.02. The van der Waals surface area contributed by atoms with Gasteiger partial charge in [0, 0.05) is 11.3 Å². The summed E-state index contributed by atoms with van der Waals surface area (Å²) in [6.07, 6.45) is 2.07. The zero-order valence-electron chi connectivity index (χ0n) is 12.0. The number of furan rings is 1. The highest BCUT2D eigenvalue weighted by atomic mass is 79.9. The molecule has 118 valence electrons. The van der Waals surface area contributed by atoms with Crippen molar-refractivity contribution in [1.82, 2.24) is 5.32 Å². The molecule has 0 atom stereocenters. The number of nitrogens with one attached hydrogen (secondary N) is 1. The summed E-state index contributed by atoms with van der Waals surface area (Å²) in [6, 6.07) is 5.49. The van der Waals surface area contributed by atoms with Crippen LogP contribution < -0.4 is 5.32 Å². The van der Waals surface area contributed by atoms with Crippen LogP contribution in [0.25, 0.3) is 0 Å². The van der Waals surface area contributed by atoms with Gasteiger partial charge in [0.25, 0.3) is 0 Å². The molecule has 2 N–H and O–H groups in total. The van der Waals surface area contributed by atoms with E-state index in [4.69, 9.17) is 9.52 Å². The Bertz CT molecular complexity index is 677. The van der Waals surface area contributed by atoms with Crippen molar-refractivity contribution in [1.29, 1.82) is 0 Å². The lowest BCUT2D eigenvalue weighted by Crippen LogP contribution is -2.22. The Kier molecular flexibility index (Phi) is 5.79. The summed E-state index contributed by atoms with van der Waals surface area (Å²) in [5.74, 6) is -0.298. The number of rotatable bonds is 7. The number of carboxylic acids is 1. The Morgan fingerprint density at radius 1 is 1.41 bits per heavy atom. The first-order valence-corrected chi connectivity index (χ1v) is 8.40. The highest BCUT2D eigenvalue weighted by molar-refractivity contribution is 9.11. The van der Waals surface area contributed by atoms with Crippen molar-refractivity contribution in [2.45, 2.75) is 32.7 Å². The fourth-order valence-corrected chi connectivity index (χ4v) is 3.55. The van der Waals surface area contributed by atoms with E-state index in [1.54, 1.807) is 18.3 Å². The van der Waals surface area contributed by atoms with E-state index in [-0.39, 0.29) is 18.0 Å². The van der Waals surface area contributed by atoms with E-state index in [2.05, 4.69) is 21.2 Å². The van der Waals surface area contributed by atoms with Crippen LogP contribution in [0.15, 0.2) is 26.4 Å². The van der Waals surface area contributed by atoms with Crippen LogP contribution in [-0.2, 0) is 17.8 Å². The van der Waals surface area contributed by atoms with Gasteiger partial charge in [-0.2, -0.15) is 0 Å². The largest absolute Gasteiger partial charge is 0.478 e. The Hall–Kier alpha value is -1.60. The smallest absolute Gasteiger partial charge is 0.339 e. The van der Waals surface area contributed by atoms with E-state index in [0.717, 1.165) is 16.6 Å². The molecule has 0 saturated heterocycles. The van der Waals surface area contributed by atoms with Gasteiger partial charge in [-0.3, -0.25) is 4.79 Å². The fourth-order valence-electron chi connectivity index (χ4n) is 2.03. The number of carboxylic acid groups (broad SMARTS) is 1. The van der Waals surface area contributed by atoms with Crippen molar-refractivity contribution in [3.8, 4) is 0 Å². The molecule has 0 aliphatic carbocycles. The van der Waals surface area contributed by atoms with Gasteiger partial charge in [0.1, 0.15) is 17.1 Å². The summed E-state index contributed by atoms with van der Waals surface area (Å²) >= 11 is 5.08. The lowest BCUT2D eigenvalue weighted by atomic mass is 10.2. The standard InChI is InChI=1S/C15H16BrNO4S/c1-9-12(15(19)20)7-10(21-9)8-17-14(18)4-2-3-11-5-6-13(16)22-11/h5-7H,2-4,8H2,1H3,(H,17,18)(H,19,20). The Labute approximate surface area is 140 Å². The zero-order chi connectivity index (χ0) is 16.1. The molecule has 0 radical (unpaired) electrons. The maximum atomic E-state index is 11.8. The lowest BCUT2D eigenvalue weighted by molar-refractivity contribution is -0.121. The molecule has 0 aromatic carbocycles. The predicted octanol–water partition coefficient (Wildman–Crippen LogP) is 3.75. The first kappa shape index (κ1) is 16.8. The highest BCUT2D eigenvalue weighted by Crippen LogP contribution is 2.23. The fraction of sp³-hybridized carbons (Fsp3) is 0.333. The molecule has 0 aliphatic rings. The minimum absolute atomic E-state index is 0.0680. The molecule has 0 fully saturated rings. The molecule has 2 aromatic heterocycles. The normalized spacial score (nSPS) is 10.6. The number of hydrogen-bond acceptors (Lipinski definition) is 4. The molecule has 0 unspecified atom stereocenters. The van der Waals surface area contributed by atoms with E-state index >= 15 is 0 Å². The molecule has 0 saturated carbocycles. The van der Waals surface area contributed by atoms with Crippen molar-refractivity contribution in [2.75, 3.05) is 0 Å². The highest BCUT2D eigenvalue weighted by Gasteiger charge is 2.14. The lowest BCUT2D eigenvalue weighted by Gasteiger charge is -2.02. The molecule has 0 aliphatic heterocycles. The number of aromatic carboxylic acids is 1. The van der Waals surface area contributed by atoms with E-state index in [1.165, 1.54) is 10.9 Å². The van der Waals surface area contributed by atoms with Crippen molar-refractivity contribution >= 4 is 39.1 Å². The van der Waals surface area contributed by atoms with Crippen LogP contribution in [0.1, 0.15) is 39.6 Å². The molecule has 2 heterocycles. The SMILES string of the molecule is Cc1oc(CNC(=O)CCCc2ccc(Br)s2)cc1C(=O)O. The summed E-state index contributed by atoms with van der Waals surface area (Å²) in [6.45, 7) is 1.80. The van der Waals surface area contributed by atoms with Gasteiger partial charge in [0.05, 0.1) is 10.3 Å². The van der Waals surface area contributed by atoms with Gasteiger partial charge in [-0.25, -0.2) is 4.79 Å². The summed E-state index contributed by atoms with van der Waals surface area (Å²) in [4.78, 5) is 23.9. The summed E-state index contributed by atoms with van der Waals surface area (Å²) < 4.78 is 6.40. The molecule has 0 spiro atoms. The molecular weight excluding hydrogens is 370 g/mol. The minimum Gasteiger partial charge on any atom is -0.478 e. The van der Waals surface area contributed by atoms with Crippen molar-refractivity contribution in [3.05, 3.63) is 43.9 Å². The number of carbonyl (C=O) groups is 2. The molecule has 5 nitrogen and oxygen atoms in total. The van der Waals surface area contributed by atoms with Gasteiger partial charge >= 0.3 is 5.97 Å². The third-order valence-electron chi connectivity index (χ3n) is 3.11. The van der Waals surface area contributed by atoms with Crippen molar-refractivity contribution in [3.63, 3.8) is 0 Å². The van der Waals surface area contributed by atoms with Crippen molar-refractivity contribution < 1.29 is 19.1 Å². The van der Waals surface area contributed by atoms with Gasteiger partial charge < -0.3 is 14.8 Å². The summed E-state index contributed by atoms with van der Waals surface area (Å²) in [5, 5.41) is 11.7. The number of hydrogen-bond donors (Lipinski definition) is 2. The second-order valence-electron chi connectivity index (χ2n) is 4.82. The minimum atomic E-state index is -1.03. The zero-order valence-corrected chi connectivity index (χ0v) is 14.4. The molecule has 0 bridgehead atoms. The van der Waals surface area contributed by atoms with Gasteiger partial charge in [0.15, 0.2) is 0 Å². The van der Waals surface area contributed by atoms with Gasteiger partial charge in [-0.05, 0) is 53.9 Å². The van der Waals surface area contributed by atoms with Crippen LogP contribution in [0.4, 0.5) is 0 Å². The maximum absolute atomic E-state index is 11.8. The number of aryl methyl sites for hydroxylation is 2. The van der Waals surface area contributed by atoms with Crippen LogP contribution in [0.3, 0.4) is 0 Å². The summed E-state index contributed by atoms with van der Waals surface area (Å²) in [7, 11) is 0. The predicted molar refractivity (Wildman–Crippen MR) is 87.2 cm³/mol. The van der Waals surface area contributed by atoms with E-state index in [1.807, 2.05) is 12.1 Å². The Balaban J connectivity index is 1.73. The number of thiophene rings is 1. The third-order valence-corrected chi connectivity index (χ3v) is 4.80. The second kappa shape index (κ2) is 7.60. The van der Waals surface area contributed by atoms with E-state index in [0.29, 0.717) is 17.9 Å². The Morgan fingerprint density at radius 3 is 2.77 bits per heavy atom. The molecule has 2 aromatic rings. The average molecular weight is 386 g/mol. The second-order valence-corrected chi connectivity index (χ2v) is 7.37. The number of carbonyl (C=O) groups excluding carboxylic acids is 1. The van der Waals surface area contributed by atoms with E-state index in [9.17, 15) is 9.59 Å². The molecule has 1 amide bonds. The molecule has 7 heteroatoms. The van der Waals surface area contributed by atoms with Crippen LogP contribution in [-0.4, -0.2) is 17.0 Å². The van der Waals surface area contributed by atoms with Crippen LogP contribution in [0.2, 0.25) is 0 Å². The van der Waals surface area contributed by atoms with E-state index < -0.39 is 5.97 Å². The van der Waals surface area contributed by atoms with Gasteiger partial charge in [-0.1, -0.05) is 0 Å². The maximum Gasteiger partial charge on any atom is 0.339 e. The summed E-state index contributed by atoms with van der Waals surface area (Å²) in [5.41, 5.74) is 0.132. The van der Waals surface area contributed by atoms with Gasteiger partial charge in [-0.15, -0.1) is 11.3 Å². The van der Waals surface area contributed by atoms with Crippen LogP contribution in [0, 0.1) is 6.92 Å². The van der Waals surface area contributed by atoms with Crippen LogP contribution in [0.5, 0.6) is 0 Å². The van der Waals surface area contributed by atoms with Gasteiger partial charge in [0.2, 0.25) is 5.91 Å². The van der Waals surface area contributed by atoms with Crippen molar-refractivity contribution in [2.24, 2.45) is 0 Å². The van der Waals surface area contributed by atoms with Crippen LogP contribution >= 0.6 is 27.3 Å². The molecule has 22 heavy (non-hydrogen) atoms. The third kappa shape index (κ3) is 4.71. The molecular formula is C15H16BrNO4S. The topological polar surface area (TPSA) is 79.5 Å². The monoisotopic (exact) mass is 385 g/mol. The number of amides is 1. The first-order chi connectivity index (χ1) is 10.5. The quantitative estimate of drug-likeness (QED) is 0.760. The Morgan fingerprint density at radius 2 is 2.18 bits per heavy atom. The molecule has 2 rings (SSSR count). The first-order valence-electron chi connectivity index (χ1n) is 6.79. The number of halogens is 1.